The number of hydrogen-bond donors (Lipinski definition) is 1. The summed E-state index contributed by atoms with van der Waals surface area (Å²) in [5.41, 5.74) is 8.41. The Labute approximate surface area is 112 Å². The summed E-state index contributed by atoms with van der Waals surface area (Å²) in [5, 5.41) is 0.664. The van der Waals surface area contributed by atoms with E-state index in [9.17, 15) is 0 Å². The van der Waals surface area contributed by atoms with Gasteiger partial charge in [0.15, 0.2) is 0 Å². The van der Waals surface area contributed by atoms with E-state index in [1.54, 1.807) is 6.07 Å². The number of hydrogen-bond acceptors (Lipinski definition) is 2. The van der Waals surface area contributed by atoms with Gasteiger partial charge < -0.3 is 10.5 Å². The Bertz CT molecular complexity index is 527. The Morgan fingerprint density at radius 3 is 2.67 bits per heavy atom. The second-order valence-electron chi connectivity index (χ2n) is 4.23. The normalized spacial score (nSPS) is 12.2. The molecule has 0 saturated carbocycles. The van der Waals surface area contributed by atoms with Crippen LogP contribution in [0.3, 0.4) is 0 Å². The van der Waals surface area contributed by atoms with Crippen LogP contribution in [0.2, 0.25) is 5.02 Å². The Morgan fingerprint density at radius 1 is 1.17 bits per heavy atom. The molecule has 2 nitrogen and oxygen atoms in total. The first-order chi connectivity index (χ1) is 8.66. The van der Waals surface area contributed by atoms with Crippen LogP contribution < -0.4 is 10.5 Å². The van der Waals surface area contributed by atoms with Gasteiger partial charge in [-0.05, 0) is 36.2 Å². The minimum atomic E-state index is -0.134. The van der Waals surface area contributed by atoms with Crippen molar-refractivity contribution in [3.05, 3.63) is 64.7 Å². The van der Waals surface area contributed by atoms with E-state index in [2.05, 4.69) is 13.0 Å². The Balaban J connectivity index is 2.00. The van der Waals surface area contributed by atoms with Crippen LogP contribution in [0, 0.1) is 6.92 Å². The van der Waals surface area contributed by atoms with Gasteiger partial charge in [0.25, 0.3) is 0 Å². The van der Waals surface area contributed by atoms with Gasteiger partial charge in [-0.15, -0.1) is 0 Å². The molecule has 18 heavy (non-hydrogen) atoms. The van der Waals surface area contributed by atoms with Gasteiger partial charge in [0.2, 0.25) is 0 Å². The van der Waals surface area contributed by atoms with Gasteiger partial charge in [0, 0.05) is 5.02 Å². The summed E-state index contributed by atoms with van der Waals surface area (Å²) in [5.74, 6) is 0.742. The molecule has 94 valence electrons. The molecule has 0 amide bonds. The zero-order chi connectivity index (χ0) is 13.0. The molecule has 2 aromatic carbocycles. The van der Waals surface area contributed by atoms with E-state index < -0.39 is 0 Å². The predicted octanol–water partition coefficient (Wildman–Crippen LogP) is 3.73. The highest BCUT2D eigenvalue weighted by molar-refractivity contribution is 6.30. The summed E-state index contributed by atoms with van der Waals surface area (Å²) >= 11 is 5.89. The van der Waals surface area contributed by atoms with Crippen LogP contribution in [0.15, 0.2) is 48.5 Å². The summed E-state index contributed by atoms with van der Waals surface area (Å²) in [6.45, 7) is 2.49. The van der Waals surface area contributed by atoms with E-state index in [0.717, 1.165) is 11.3 Å². The van der Waals surface area contributed by atoms with Gasteiger partial charge in [-0.1, -0.05) is 41.9 Å². The molecule has 0 heterocycles. The predicted molar refractivity (Wildman–Crippen MR) is 75.1 cm³/mol. The molecule has 0 radical (unpaired) electrons. The van der Waals surface area contributed by atoms with Crippen molar-refractivity contribution in [2.75, 3.05) is 6.61 Å². The first-order valence-electron chi connectivity index (χ1n) is 5.86. The molecule has 1 atom stereocenters. The van der Waals surface area contributed by atoms with Crippen LogP contribution in [-0.4, -0.2) is 6.61 Å². The van der Waals surface area contributed by atoms with E-state index in [4.69, 9.17) is 22.1 Å². The Morgan fingerprint density at radius 2 is 1.94 bits per heavy atom. The number of rotatable bonds is 4. The van der Waals surface area contributed by atoms with Crippen LogP contribution in [0.5, 0.6) is 5.75 Å². The highest BCUT2D eigenvalue weighted by atomic mass is 35.5. The molecule has 0 aliphatic heterocycles. The average Bonchev–Trinajstić information content (AvgIpc) is 2.37. The fourth-order valence-electron chi connectivity index (χ4n) is 1.84. The summed E-state index contributed by atoms with van der Waals surface area (Å²) < 4.78 is 5.65. The maximum Gasteiger partial charge on any atom is 0.120 e. The third kappa shape index (κ3) is 3.25. The van der Waals surface area contributed by atoms with E-state index >= 15 is 0 Å². The van der Waals surface area contributed by atoms with Gasteiger partial charge in [-0.2, -0.15) is 0 Å². The third-order valence-electron chi connectivity index (χ3n) is 2.81. The maximum atomic E-state index is 6.12. The molecule has 0 aliphatic carbocycles. The minimum absolute atomic E-state index is 0.134. The van der Waals surface area contributed by atoms with E-state index in [-0.39, 0.29) is 6.04 Å². The number of halogens is 1. The fraction of sp³-hybridized carbons (Fsp3) is 0.200. The van der Waals surface area contributed by atoms with Gasteiger partial charge in [0.1, 0.15) is 12.4 Å². The molecule has 0 spiro atoms. The van der Waals surface area contributed by atoms with Crippen LogP contribution in [-0.2, 0) is 0 Å². The second kappa shape index (κ2) is 5.89. The van der Waals surface area contributed by atoms with Crippen molar-refractivity contribution in [2.45, 2.75) is 13.0 Å². The number of ether oxygens (including phenoxy) is 1. The third-order valence-corrected chi connectivity index (χ3v) is 3.05. The topological polar surface area (TPSA) is 35.2 Å². The van der Waals surface area contributed by atoms with Crippen molar-refractivity contribution in [3.63, 3.8) is 0 Å². The van der Waals surface area contributed by atoms with Crippen LogP contribution >= 0.6 is 11.6 Å². The average molecular weight is 262 g/mol. The van der Waals surface area contributed by atoms with Crippen LogP contribution in [0.1, 0.15) is 17.2 Å². The van der Waals surface area contributed by atoms with Crippen LogP contribution in [0.4, 0.5) is 0 Å². The minimum Gasteiger partial charge on any atom is -0.492 e. The highest BCUT2D eigenvalue weighted by Crippen LogP contribution is 2.20. The monoisotopic (exact) mass is 261 g/mol. The zero-order valence-corrected chi connectivity index (χ0v) is 11.0. The van der Waals surface area contributed by atoms with Crippen molar-refractivity contribution < 1.29 is 4.74 Å². The van der Waals surface area contributed by atoms with Crippen molar-refractivity contribution in [1.82, 2.24) is 0 Å². The molecule has 2 rings (SSSR count). The summed E-state index contributed by atoms with van der Waals surface area (Å²) in [7, 11) is 0. The van der Waals surface area contributed by atoms with Gasteiger partial charge in [-0.3, -0.25) is 0 Å². The number of aryl methyl sites for hydroxylation is 1. The lowest BCUT2D eigenvalue weighted by atomic mass is 10.0. The molecular formula is C15H16ClNO. The SMILES string of the molecule is Cc1ccccc1C(N)COc1cccc(Cl)c1. The van der Waals surface area contributed by atoms with E-state index in [0.29, 0.717) is 11.6 Å². The molecule has 2 N–H and O–H groups in total. The van der Waals surface area contributed by atoms with Crippen molar-refractivity contribution >= 4 is 11.6 Å². The summed E-state index contributed by atoms with van der Waals surface area (Å²) in [4.78, 5) is 0. The Hall–Kier alpha value is -1.51. The molecule has 0 fully saturated rings. The Kier molecular flexibility index (Phi) is 4.24. The molecule has 1 unspecified atom stereocenters. The molecule has 2 aromatic rings. The molecule has 3 heteroatoms. The summed E-state index contributed by atoms with van der Waals surface area (Å²) in [6.07, 6.45) is 0. The lowest BCUT2D eigenvalue weighted by Gasteiger charge is -2.15. The van der Waals surface area contributed by atoms with Crippen molar-refractivity contribution in [2.24, 2.45) is 5.73 Å². The second-order valence-corrected chi connectivity index (χ2v) is 4.67. The van der Waals surface area contributed by atoms with E-state index in [1.807, 2.05) is 36.4 Å². The molecule has 0 aliphatic rings. The number of benzene rings is 2. The highest BCUT2D eigenvalue weighted by Gasteiger charge is 2.09. The lowest BCUT2D eigenvalue weighted by Crippen LogP contribution is -2.19. The standard InChI is InChI=1S/C15H16ClNO/c1-11-5-2-3-8-14(11)15(17)10-18-13-7-4-6-12(16)9-13/h2-9,15H,10,17H2,1H3. The van der Waals surface area contributed by atoms with Crippen LogP contribution in [0.25, 0.3) is 0 Å². The van der Waals surface area contributed by atoms with Crippen molar-refractivity contribution in [3.8, 4) is 5.75 Å². The first kappa shape index (κ1) is 12.9. The molecule has 0 saturated heterocycles. The van der Waals surface area contributed by atoms with Gasteiger partial charge >= 0.3 is 0 Å². The van der Waals surface area contributed by atoms with E-state index in [1.165, 1.54) is 5.56 Å². The van der Waals surface area contributed by atoms with Gasteiger partial charge in [-0.25, -0.2) is 0 Å². The largest absolute Gasteiger partial charge is 0.492 e. The smallest absolute Gasteiger partial charge is 0.120 e. The van der Waals surface area contributed by atoms with Gasteiger partial charge in [0.05, 0.1) is 6.04 Å². The zero-order valence-electron chi connectivity index (χ0n) is 10.3. The fourth-order valence-corrected chi connectivity index (χ4v) is 2.02. The molecule has 0 bridgehead atoms. The first-order valence-corrected chi connectivity index (χ1v) is 6.24. The van der Waals surface area contributed by atoms with Crippen molar-refractivity contribution in [1.29, 1.82) is 0 Å². The quantitative estimate of drug-likeness (QED) is 0.910. The maximum absolute atomic E-state index is 6.12. The summed E-state index contributed by atoms with van der Waals surface area (Å²) in [6, 6.07) is 15.3. The number of nitrogens with two attached hydrogens (primary N) is 1. The molecule has 0 aromatic heterocycles. The molecular weight excluding hydrogens is 246 g/mol. The lowest BCUT2D eigenvalue weighted by molar-refractivity contribution is 0.290.